The lowest BCUT2D eigenvalue weighted by Crippen LogP contribution is -2.43. The molecule has 0 atom stereocenters. The van der Waals surface area contributed by atoms with Gasteiger partial charge in [0.05, 0.1) is 46.4 Å². The van der Waals surface area contributed by atoms with Gasteiger partial charge in [0.25, 0.3) is 11.1 Å². The molecular weight excluding hydrogens is 819 g/mol. The number of nitrogens with two attached hydrogens (primary N) is 1. The molecular formula is C50H57N11O4. The van der Waals surface area contributed by atoms with Gasteiger partial charge in [-0.15, -0.1) is 0 Å². The van der Waals surface area contributed by atoms with Gasteiger partial charge in [0.15, 0.2) is 11.5 Å². The van der Waals surface area contributed by atoms with Gasteiger partial charge < -0.3 is 39.5 Å². The van der Waals surface area contributed by atoms with Crippen molar-refractivity contribution >= 4 is 22.1 Å². The highest BCUT2D eigenvalue weighted by Gasteiger charge is 2.21. The standard InChI is InChI=1S/C29H32N6O3.C21H25N5O/c1-20-14-24(21-2-6-30-7-3-21)29-25(15-20)35(28(36)19-33-29)11-10-34-8-4-22(5-9-34)31-17-23-16-26-27(18-32-23)38-13-12-37-26;1-15-12-18(16-2-6-23-7-3-16)21-19(13-15)26(20(27)14-24-21)11-10-25-8-4-17(22)5-9-25/h2-3,6-7,14-16,18-19,22,31H,4-5,8-13,17H2,1H3;2-3,6-7,12-14,17H,4-5,8-11,22H2,1H3. The molecule has 0 bridgehead atoms. The van der Waals surface area contributed by atoms with Gasteiger partial charge in [0, 0.05) is 86.8 Å². The van der Waals surface area contributed by atoms with Crippen molar-refractivity contribution in [2.24, 2.45) is 5.73 Å². The minimum absolute atomic E-state index is 0.0533. The van der Waals surface area contributed by atoms with Crippen LogP contribution in [0.3, 0.4) is 0 Å². The fourth-order valence-corrected chi connectivity index (χ4v) is 9.14. The van der Waals surface area contributed by atoms with E-state index in [-0.39, 0.29) is 11.1 Å². The van der Waals surface area contributed by atoms with Crippen LogP contribution < -0.4 is 31.6 Å². The van der Waals surface area contributed by atoms with Crippen molar-refractivity contribution in [2.75, 3.05) is 52.5 Å². The second-order valence-corrected chi connectivity index (χ2v) is 17.3. The number of fused-ring (bicyclic) bond motifs is 3. The minimum Gasteiger partial charge on any atom is -0.486 e. The van der Waals surface area contributed by atoms with E-state index in [1.54, 1.807) is 31.0 Å². The second kappa shape index (κ2) is 20.2. The Morgan fingerprint density at radius 2 is 1.11 bits per heavy atom. The van der Waals surface area contributed by atoms with Crippen molar-refractivity contribution in [3.05, 3.63) is 136 Å². The van der Waals surface area contributed by atoms with Crippen molar-refractivity contribution in [1.29, 1.82) is 0 Å². The minimum atomic E-state index is -0.0627. The van der Waals surface area contributed by atoms with E-state index in [0.29, 0.717) is 44.9 Å². The molecule has 0 radical (unpaired) electrons. The van der Waals surface area contributed by atoms with Crippen molar-refractivity contribution in [3.63, 3.8) is 0 Å². The molecule has 2 fully saturated rings. The number of piperidine rings is 2. The summed E-state index contributed by atoms with van der Waals surface area (Å²) >= 11 is 0. The van der Waals surface area contributed by atoms with E-state index in [1.165, 1.54) is 12.4 Å². The smallest absolute Gasteiger partial charge is 0.269 e. The quantitative estimate of drug-likeness (QED) is 0.170. The molecule has 2 aromatic carbocycles. The van der Waals surface area contributed by atoms with Crippen LogP contribution in [-0.4, -0.2) is 108 Å². The van der Waals surface area contributed by atoms with Gasteiger partial charge in [-0.2, -0.15) is 0 Å². The van der Waals surface area contributed by atoms with E-state index < -0.39 is 0 Å². The van der Waals surface area contributed by atoms with Crippen LogP contribution in [0, 0.1) is 13.8 Å². The van der Waals surface area contributed by atoms with E-state index >= 15 is 0 Å². The van der Waals surface area contributed by atoms with E-state index in [0.717, 1.165) is 138 Å². The highest BCUT2D eigenvalue weighted by Crippen LogP contribution is 2.31. The molecule has 0 amide bonds. The molecule has 7 aromatic rings. The first kappa shape index (κ1) is 43.8. The van der Waals surface area contributed by atoms with Crippen LogP contribution in [0.4, 0.5) is 0 Å². The summed E-state index contributed by atoms with van der Waals surface area (Å²) in [6.07, 6.45) is 15.9. The normalized spacial score (nSPS) is 16.1. The number of aryl methyl sites for hydroxylation is 2. The van der Waals surface area contributed by atoms with Crippen molar-refractivity contribution in [3.8, 4) is 33.8 Å². The predicted octanol–water partition coefficient (Wildman–Crippen LogP) is 5.38. The lowest BCUT2D eigenvalue weighted by molar-refractivity contribution is 0.170. The third-order valence-corrected chi connectivity index (χ3v) is 12.7. The number of nitrogens with zero attached hydrogens (tertiary/aromatic N) is 9. The summed E-state index contributed by atoms with van der Waals surface area (Å²) in [6.45, 7) is 12.9. The Labute approximate surface area is 378 Å². The van der Waals surface area contributed by atoms with E-state index in [9.17, 15) is 9.59 Å². The van der Waals surface area contributed by atoms with Crippen molar-refractivity contribution in [1.82, 2.24) is 49.2 Å². The van der Waals surface area contributed by atoms with E-state index in [4.69, 9.17) is 15.2 Å². The molecule has 0 aliphatic carbocycles. The molecule has 65 heavy (non-hydrogen) atoms. The average Bonchev–Trinajstić information content (AvgIpc) is 3.34. The van der Waals surface area contributed by atoms with Gasteiger partial charge in [-0.1, -0.05) is 0 Å². The van der Waals surface area contributed by atoms with Crippen LogP contribution >= 0.6 is 0 Å². The number of nitrogens with one attached hydrogen (secondary N) is 1. The summed E-state index contributed by atoms with van der Waals surface area (Å²) in [5.41, 5.74) is 16.7. The van der Waals surface area contributed by atoms with E-state index in [2.05, 4.69) is 78.1 Å². The largest absolute Gasteiger partial charge is 0.486 e. The van der Waals surface area contributed by atoms with Gasteiger partial charge >= 0.3 is 0 Å². The summed E-state index contributed by atoms with van der Waals surface area (Å²) < 4.78 is 15.0. The number of likely N-dealkylation sites (tertiary alicyclic amines) is 2. The predicted molar refractivity (Wildman–Crippen MR) is 253 cm³/mol. The molecule has 10 rings (SSSR count). The summed E-state index contributed by atoms with van der Waals surface area (Å²) in [5.74, 6) is 1.50. The number of rotatable bonds is 11. The molecule has 0 spiro atoms. The Bertz CT molecular complexity index is 2860. The Morgan fingerprint density at radius 1 is 0.615 bits per heavy atom. The SMILES string of the molecule is Cc1cc(-c2ccncc2)c2ncc(=O)n(CCN3CCC(N)CC3)c2c1.Cc1cc(-c2ccncc2)c2ncc(=O)n(CCN3CCC(NCc4cc5c(cn4)OCCO5)CC3)c2c1. The Kier molecular flexibility index (Phi) is 13.6. The van der Waals surface area contributed by atoms with Crippen LogP contribution in [0.15, 0.2) is 108 Å². The second-order valence-electron chi connectivity index (χ2n) is 17.3. The lowest BCUT2D eigenvalue weighted by Gasteiger charge is -2.32. The maximum absolute atomic E-state index is 12.9. The first-order chi connectivity index (χ1) is 31.8. The Morgan fingerprint density at radius 3 is 1.63 bits per heavy atom. The van der Waals surface area contributed by atoms with Crippen LogP contribution in [0.2, 0.25) is 0 Å². The molecule has 3 aliphatic heterocycles. The molecule has 3 N–H and O–H groups in total. The zero-order valence-corrected chi connectivity index (χ0v) is 37.2. The van der Waals surface area contributed by atoms with Gasteiger partial charge in [0.1, 0.15) is 13.2 Å². The summed E-state index contributed by atoms with van der Waals surface area (Å²) in [7, 11) is 0. The Hall–Kier alpha value is -6.39. The first-order valence-corrected chi connectivity index (χ1v) is 22.7. The summed E-state index contributed by atoms with van der Waals surface area (Å²) in [4.78, 5) is 52.0. The summed E-state index contributed by atoms with van der Waals surface area (Å²) in [6, 6.07) is 19.0. The fourth-order valence-electron chi connectivity index (χ4n) is 9.14. The van der Waals surface area contributed by atoms with Gasteiger partial charge in [-0.3, -0.25) is 24.5 Å². The summed E-state index contributed by atoms with van der Waals surface area (Å²) in [5, 5.41) is 3.65. The zero-order valence-electron chi connectivity index (χ0n) is 37.2. The van der Waals surface area contributed by atoms with E-state index in [1.807, 2.05) is 39.5 Å². The van der Waals surface area contributed by atoms with Gasteiger partial charge in [0.2, 0.25) is 0 Å². The topological polar surface area (TPSA) is 171 Å². The third kappa shape index (κ3) is 10.4. The first-order valence-electron chi connectivity index (χ1n) is 22.7. The third-order valence-electron chi connectivity index (χ3n) is 12.7. The highest BCUT2D eigenvalue weighted by molar-refractivity contribution is 5.93. The lowest BCUT2D eigenvalue weighted by atomic mass is 10.0. The van der Waals surface area contributed by atoms with Crippen LogP contribution in [-0.2, 0) is 19.6 Å². The molecule has 0 unspecified atom stereocenters. The monoisotopic (exact) mass is 875 g/mol. The molecule has 15 heteroatoms. The molecule has 15 nitrogen and oxygen atoms in total. The van der Waals surface area contributed by atoms with Gasteiger partial charge in [-0.25, -0.2) is 9.97 Å². The van der Waals surface area contributed by atoms with Crippen LogP contribution in [0.1, 0.15) is 42.5 Å². The Balaban J connectivity index is 0.000000174. The van der Waals surface area contributed by atoms with Crippen LogP contribution in [0.25, 0.3) is 44.3 Å². The number of benzene rings is 2. The molecule has 336 valence electrons. The van der Waals surface area contributed by atoms with Gasteiger partial charge in [-0.05, 0) is 136 Å². The van der Waals surface area contributed by atoms with Crippen molar-refractivity contribution < 1.29 is 9.47 Å². The number of ether oxygens (including phenoxy) is 2. The molecule has 2 saturated heterocycles. The highest BCUT2D eigenvalue weighted by atomic mass is 16.6. The zero-order chi connectivity index (χ0) is 44.7. The molecule has 8 heterocycles. The number of pyridine rings is 3. The number of hydrogen-bond acceptors (Lipinski definition) is 13. The maximum atomic E-state index is 12.9. The number of aromatic nitrogens is 7. The molecule has 3 aliphatic rings. The molecule has 0 saturated carbocycles. The van der Waals surface area contributed by atoms with Crippen molar-refractivity contribution in [2.45, 2.75) is 71.2 Å². The average molecular weight is 876 g/mol. The van der Waals surface area contributed by atoms with Crippen LogP contribution in [0.5, 0.6) is 11.5 Å². The molecule has 5 aromatic heterocycles. The fraction of sp³-hybridized carbons (Fsp3) is 0.380. The maximum Gasteiger partial charge on any atom is 0.269 e. The number of hydrogen-bond donors (Lipinski definition) is 2.